The van der Waals surface area contributed by atoms with Gasteiger partial charge in [-0.2, -0.15) is 0 Å². The number of carboxylic acids is 1. The molecular formula is C12H20N2O3. The first kappa shape index (κ1) is 12.2. The van der Waals surface area contributed by atoms with Crippen LogP contribution in [-0.2, 0) is 4.79 Å². The first-order valence-electron chi connectivity index (χ1n) is 6.15. The first-order valence-corrected chi connectivity index (χ1v) is 6.15. The zero-order valence-electron chi connectivity index (χ0n) is 10.5. The van der Waals surface area contributed by atoms with E-state index in [-0.39, 0.29) is 11.6 Å². The molecule has 0 spiro atoms. The van der Waals surface area contributed by atoms with Gasteiger partial charge in [-0.15, -0.1) is 0 Å². The number of piperidine rings is 1. The molecule has 0 unspecified atom stereocenters. The van der Waals surface area contributed by atoms with Gasteiger partial charge in [0.15, 0.2) is 0 Å². The van der Waals surface area contributed by atoms with E-state index < -0.39 is 11.4 Å². The molecule has 0 aromatic rings. The maximum atomic E-state index is 11.9. The maximum absolute atomic E-state index is 11.9. The van der Waals surface area contributed by atoms with Crippen molar-refractivity contribution < 1.29 is 14.7 Å². The first-order chi connectivity index (χ1) is 7.85. The van der Waals surface area contributed by atoms with Gasteiger partial charge in [0.25, 0.3) is 0 Å². The number of carbonyl (C=O) groups excluding carboxylic acids is 1. The number of likely N-dealkylation sites (tertiary alicyclic amines) is 1. The van der Waals surface area contributed by atoms with Gasteiger partial charge in [0.2, 0.25) is 0 Å². The molecule has 1 saturated heterocycles. The molecule has 2 rings (SSSR count). The number of rotatable bonds is 2. The van der Waals surface area contributed by atoms with Gasteiger partial charge in [-0.1, -0.05) is 0 Å². The summed E-state index contributed by atoms with van der Waals surface area (Å²) in [6.07, 6.45) is 3.15. The highest BCUT2D eigenvalue weighted by molar-refractivity contribution is 5.77. The average Bonchev–Trinajstić information content (AvgIpc) is 2.96. The van der Waals surface area contributed by atoms with Crippen LogP contribution in [-0.4, -0.2) is 40.6 Å². The normalized spacial score (nSPS) is 25.2. The van der Waals surface area contributed by atoms with Gasteiger partial charge in [-0.25, -0.2) is 4.79 Å². The number of carboxylic acid groups (broad SMARTS) is 1. The minimum Gasteiger partial charge on any atom is -0.481 e. The maximum Gasteiger partial charge on any atom is 0.317 e. The Morgan fingerprint density at radius 3 is 2.06 bits per heavy atom. The Bertz CT molecular complexity index is 342. The number of carbonyl (C=O) groups is 2. The van der Waals surface area contributed by atoms with Crippen molar-refractivity contribution in [3.05, 3.63) is 0 Å². The van der Waals surface area contributed by atoms with E-state index in [0.29, 0.717) is 25.9 Å². The van der Waals surface area contributed by atoms with E-state index in [9.17, 15) is 9.59 Å². The summed E-state index contributed by atoms with van der Waals surface area (Å²) < 4.78 is 0. The molecule has 1 saturated carbocycles. The Hall–Kier alpha value is -1.26. The second kappa shape index (κ2) is 3.89. The third kappa shape index (κ3) is 2.53. The lowest BCUT2D eigenvalue weighted by atomic mass is 9.80. The fraction of sp³-hybridized carbons (Fsp3) is 0.833. The van der Waals surface area contributed by atoms with Crippen LogP contribution in [0.15, 0.2) is 0 Å². The van der Waals surface area contributed by atoms with Crippen molar-refractivity contribution in [2.24, 2.45) is 5.41 Å². The Kier molecular flexibility index (Phi) is 2.79. The summed E-state index contributed by atoms with van der Waals surface area (Å²) in [5, 5.41) is 12.1. The van der Waals surface area contributed by atoms with Gasteiger partial charge in [0.1, 0.15) is 0 Å². The van der Waals surface area contributed by atoms with Crippen LogP contribution in [0.25, 0.3) is 0 Å². The highest BCUT2D eigenvalue weighted by Gasteiger charge is 2.42. The quantitative estimate of drug-likeness (QED) is 0.767. The number of amides is 2. The van der Waals surface area contributed by atoms with Crippen LogP contribution in [0.3, 0.4) is 0 Å². The molecule has 1 aliphatic carbocycles. The number of hydrogen-bond acceptors (Lipinski definition) is 2. The smallest absolute Gasteiger partial charge is 0.317 e. The summed E-state index contributed by atoms with van der Waals surface area (Å²) in [5.74, 6) is -0.758. The van der Waals surface area contributed by atoms with Gasteiger partial charge >= 0.3 is 12.0 Å². The van der Waals surface area contributed by atoms with Crippen molar-refractivity contribution in [2.75, 3.05) is 13.1 Å². The minimum absolute atomic E-state index is 0.00929. The van der Waals surface area contributed by atoms with Crippen LogP contribution < -0.4 is 5.32 Å². The Balaban J connectivity index is 1.86. The number of nitrogens with zero attached hydrogens (tertiary/aromatic N) is 1. The van der Waals surface area contributed by atoms with Crippen LogP contribution in [0.5, 0.6) is 0 Å². The van der Waals surface area contributed by atoms with Crippen molar-refractivity contribution in [3.8, 4) is 0 Å². The zero-order chi connectivity index (χ0) is 12.7. The summed E-state index contributed by atoms with van der Waals surface area (Å²) in [6, 6.07) is -0.0440. The summed E-state index contributed by atoms with van der Waals surface area (Å²) in [4.78, 5) is 24.7. The Morgan fingerprint density at radius 1 is 1.12 bits per heavy atom. The summed E-state index contributed by atoms with van der Waals surface area (Å²) in [5.41, 5.74) is -0.676. The molecule has 1 aliphatic heterocycles. The largest absolute Gasteiger partial charge is 0.481 e. The Labute approximate surface area is 101 Å². The van der Waals surface area contributed by atoms with Gasteiger partial charge in [0.05, 0.1) is 5.41 Å². The molecule has 96 valence electrons. The van der Waals surface area contributed by atoms with Crippen molar-refractivity contribution in [1.82, 2.24) is 10.2 Å². The lowest BCUT2D eigenvalue weighted by Gasteiger charge is -2.36. The van der Waals surface area contributed by atoms with Crippen molar-refractivity contribution in [2.45, 2.75) is 45.1 Å². The molecule has 1 heterocycles. The standard InChI is InChI=1S/C12H20N2O3/c1-11(9(15)16)5-7-14(8-6-11)10(17)13-12(2)3-4-12/h3-8H2,1-2H3,(H,13,17)(H,15,16). The van der Waals surface area contributed by atoms with Crippen LogP contribution in [0, 0.1) is 5.41 Å². The van der Waals surface area contributed by atoms with E-state index in [0.717, 1.165) is 12.8 Å². The fourth-order valence-corrected chi connectivity index (χ4v) is 2.07. The molecular weight excluding hydrogens is 220 g/mol. The molecule has 0 aromatic carbocycles. The van der Waals surface area contributed by atoms with Crippen LogP contribution in [0.1, 0.15) is 39.5 Å². The molecule has 2 fully saturated rings. The fourth-order valence-electron chi connectivity index (χ4n) is 2.07. The lowest BCUT2D eigenvalue weighted by Crippen LogP contribution is -2.51. The topological polar surface area (TPSA) is 69.6 Å². The van der Waals surface area contributed by atoms with Gasteiger partial charge in [-0.05, 0) is 39.5 Å². The third-order valence-corrected chi connectivity index (χ3v) is 4.08. The van der Waals surface area contributed by atoms with E-state index >= 15 is 0 Å². The van der Waals surface area contributed by atoms with E-state index in [1.54, 1.807) is 11.8 Å². The van der Waals surface area contributed by atoms with Crippen LogP contribution in [0.2, 0.25) is 0 Å². The van der Waals surface area contributed by atoms with Gasteiger partial charge < -0.3 is 15.3 Å². The molecule has 2 N–H and O–H groups in total. The monoisotopic (exact) mass is 240 g/mol. The third-order valence-electron chi connectivity index (χ3n) is 4.08. The van der Waals surface area contributed by atoms with E-state index in [4.69, 9.17) is 5.11 Å². The van der Waals surface area contributed by atoms with Gasteiger partial charge in [-0.3, -0.25) is 4.79 Å². The zero-order valence-corrected chi connectivity index (χ0v) is 10.5. The number of hydrogen-bond donors (Lipinski definition) is 2. The van der Waals surface area contributed by atoms with Gasteiger partial charge in [0, 0.05) is 18.6 Å². The average molecular weight is 240 g/mol. The highest BCUT2D eigenvalue weighted by Crippen LogP contribution is 2.35. The van der Waals surface area contributed by atoms with Crippen LogP contribution in [0.4, 0.5) is 4.79 Å². The lowest BCUT2D eigenvalue weighted by molar-refractivity contribution is -0.150. The molecule has 0 radical (unpaired) electrons. The second-order valence-corrected chi connectivity index (χ2v) is 5.84. The van der Waals surface area contributed by atoms with E-state index in [2.05, 4.69) is 5.32 Å². The van der Waals surface area contributed by atoms with Crippen LogP contribution >= 0.6 is 0 Å². The van der Waals surface area contributed by atoms with Crippen molar-refractivity contribution in [3.63, 3.8) is 0 Å². The SMILES string of the molecule is CC1(NC(=O)N2CCC(C)(C(=O)O)CC2)CC1. The summed E-state index contributed by atoms with van der Waals surface area (Å²) in [7, 11) is 0. The van der Waals surface area contributed by atoms with E-state index in [1.807, 2.05) is 6.92 Å². The molecule has 0 atom stereocenters. The molecule has 5 nitrogen and oxygen atoms in total. The van der Waals surface area contributed by atoms with Crippen molar-refractivity contribution in [1.29, 1.82) is 0 Å². The predicted octanol–water partition coefficient (Wildman–Crippen LogP) is 1.44. The number of nitrogens with one attached hydrogen (secondary N) is 1. The summed E-state index contributed by atoms with van der Waals surface area (Å²) in [6.45, 7) is 4.86. The molecule has 0 aromatic heterocycles. The number of urea groups is 1. The molecule has 2 aliphatic rings. The molecule has 17 heavy (non-hydrogen) atoms. The second-order valence-electron chi connectivity index (χ2n) is 5.84. The number of aliphatic carboxylic acids is 1. The summed E-state index contributed by atoms with van der Waals surface area (Å²) >= 11 is 0. The minimum atomic E-state index is -0.758. The molecule has 5 heteroatoms. The molecule has 0 bridgehead atoms. The van der Waals surface area contributed by atoms with Crippen molar-refractivity contribution >= 4 is 12.0 Å². The van der Waals surface area contributed by atoms with E-state index in [1.165, 1.54) is 0 Å². The molecule has 2 amide bonds. The highest BCUT2D eigenvalue weighted by atomic mass is 16.4. The predicted molar refractivity (Wildman–Crippen MR) is 62.7 cm³/mol. The Morgan fingerprint density at radius 2 is 1.65 bits per heavy atom.